The summed E-state index contributed by atoms with van der Waals surface area (Å²) in [7, 11) is 1.65. The second kappa shape index (κ2) is 11.7. The Morgan fingerprint density at radius 3 is 1.60 bits per heavy atom. The summed E-state index contributed by atoms with van der Waals surface area (Å²) in [5, 5.41) is 0. The van der Waals surface area contributed by atoms with E-state index in [1.807, 2.05) is 0 Å². The molecule has 0 fully saturated rings. The van der Waals surface area contributed by atoms with Gasteiger partial charge in [0.25, 0.3) is 0 Å². The van der Waals surface area contributed by atoms with E-state index < -0.39 is 0 Å². The Bertz CT molecular complexity index is 66.0. The summed E-state index contributed by atoms with van der Waals surface area (Å²) in [4.78, 5) is 0. The van der Waals surface area contributed by atoms with E-state index >= 15 is 0 Å². The maximum absolute atomic E-state index is 4.60. The van der Waals surface area contributed by atoms with Crippen LogP contribution in [0.3, 0.4) is 0 Å². The summed E-state index contributed by atoms with van der Waals surface area (Å²) in [5.41, 5.74) is 2.25. The zero-order chi connectivity index (χ0) is 6.95. The maximum atomic E-state index is 4.60. The fourth-order valence-corrected chi connectivity index (χ4v) is 0.760. The lowest BCUT2D eigenvalue weighted by Crippen LogP contribution is -2.13. The average Bonchev–Trinajstić information content (AvgIpc) is 1.93. The molecule has 1 rings (SSSR count). The van der Waals surface area contributed by atoms with Gasteiger partial charge in [0, 0.05) is 0 Å². The van der Waals surface area contributed by atoms with Crippen LogP contribution in [-0.2, 0) is 0 Å². The minimum atomic E-state index is 0. The monoisotopic (exact) mass is 164 g/mol. The van der Waals surface area contributed by atoms with Crippen molar-refractivity contribution in [2.24, 2.45) is 5.84 Å². The number of allylic oxidation sites excluding steroid dienone is 2. The van der Waals surface area contributed by atoms with Crippen LogP contribution in [0.4, 0.5) is 0 Å². The van der Waals surface area contributed by atoms with Crippen LogP contribution in [-0.4, -0.2) is 7.05 Å². The smallest absolute Gasteiger partial charge is 0.00172 e. The molecule has 0 amide bonds. The van der Waals surface area contributed by atoms with E-state index in [0.29, 0.717) is 0 Å². The van der Waals surface area contributed by atoms with Gasteiger partial charge in [0.15, 0.2) is 0 Å². The largest absolute Gasteiger partial charge is 0.272 e. The lowest BCUT2D eigenvalue weighted by atomic mass is 10.1. The maximum Gasteiger partial charge on any atom is -0.00172 e. The summed E-state index contributed by atoms with van der Waals surface area (Å²) < 4.78 is 0. The molecule has 0 bridgehead atoms. The van der Waals surface area contributed by atoms with Gasteiger partial charge in [-0.05, 0) is 32.7 Å². The Kier molecular flexibility index (Phi) is 14.8. The fourth-order valence-electron chi connectivity index (χ4n) is 0.760. The summed E-state index contributed by atoms with van der Waals surface area (Å²) in [5.74, 6) is 4.60. The van der Waals surface area contributed by atoms with Crippen molar-refractivity contribution in [2.75, 3.05) is 7.05 Å². The highest BCUT2D eigenvalue weighted by Crippen LogP contribution is 2.07. The predicted octanol–water partition coefficient (Wildman–Crippen LogP) is 1.62. The molecule has 1 aliphatic rings. The third kappa shape index (κ3) is 10.8. The number of hydrogen-bond acceptors (Lipinski definition) is 2. The van der Waals surface area contributed by atoms with Crippen LogP contribution in [0.2, 0.25) is 0 Å². The molecule has 0 aliphatic heterocycles. The van der Waals surface area contributed by atoms with E-state index in [4.69, 9.17) is 0 Å². The minimum absolute atomic E-state index is 0. The molecule has 3 heteroatoms. The van der Waals surface area contributed by atoms with Gasteiger partial charge in [0.2, 0.25) is 0 Å². The van der Waals surface area contributed by atoms with Gasteiger partial charge in [-0.1, -0.05) is 12.2 Å². The quantitative estimate of drug-likeness (QED) is 0.325. The van der Waals surface area contributed by atoms with E-state index in [2.05, 4.69) is 23.4 Å². The standard InChI is InChI=1S/C6H10.CH6N2.ClH/c1-2-4-6-5-3-1;1-3-2;/h1-2H,3-6H2;3H,2H2,1H3;1H. The molecule has 0 unspecified atom stereocenters. The van der Waals surface area contributed by atoms with E-state index in [9.17, 15) is 0 Å². The number of hydrogen-bond donors (Lipinski definition) is 2. The molecule has 0 atom stereocenters. The molecule has 3 N–H and O–H groups in total. The molecule has 0 aromatic carbocycles. The van der Waals surface area contributed by atoms with Crippen LogP contribution in [0, 0.1) is 0 Å². The predicted molar refractivity (Wildman–Crippen MR) is 48.1 cm³/mol. The first-order valence-electron chi connectivity index (χ1n) is 3.44. The molecule has 0 aromatic rings. The topological polar surface area (TPSA) is 38.0 Å². The number of nitrogens with two attached hydrogens (primary N) is 1. The van der Waals surface area contributed by atoms with Gasteiger partial charge in [-0.3, -0.25) is 11.3 Å². The minimum Gasteiger partial charge on any atom is -0.272 e. The van der Waals surface area contributed by atoms with Crippen molar-refractivity contribution < 1.29 is 0 Å². The van der Waals surface area contributed by atoms with Crippen LogP contribution in [0.25, 0.3) is 0 Å². The molecule has 0 spiro atoms. The lowest BCUT2D eigenvalue weighted by molar-refractivity contribution is 0.730. The molecule has 1 aliphatic carbocycles. The lowest BCUT2D eigenvalue weighted by Gasteiger charge is -1.97. The van der Waals surface area contributed by atoms with Crippen LogP contribution in [0.15, 0.2) is 12.2 Å². The molecule has 0 saturated heterocycles. The van der Waals surface area contributed by atoms with Crippen molar-refractivity contribution in [3.8, 4) is 0 Å². The van der Waals surface area contributed by atoms with E-state index in [0.717, 1.165) is 0 Å². The molecule has 0 aromatic heterocycles. The van der Waals surface area contributed by atoms with Crippen LogP contribution >= 0.6 is 12.4 Å². The zero-order valence-corrected chi connectivity index (χ0v) is 7.29. The van der Waals surface area contributed by atoms with E-state index in [-0.39, 0.29) is 12.4 Å². The highest BCUT2D eigenvalue weighted by Gasteiger charge is 1.87. The van der Waals surface area contributed by atoms with Crippen molar-refractivity contribution in [2.45, 2.75) is 25.7 Å². The van der Waals surface area contributed by atoms with Crippen LogP contribution in [0.1, 0.15) is 25.7 Å². The third-order valence-electron chi connectivity index (χ3n) is 1.16. The second-order valence-electron chi connectivity index (χ2n) is 2.04. The van der Waals surface area contributed by atoms with Gasteiger partial charge in [-0.15, -0.1) is 12.4 Å². The van der Waals surface area contributed by atoms with Crippen LogP contribution < -0.4 is 11.3 Å². The normalized spacial score (nSPS) is 14.6. The SMILES string of the molecule is C1=CCCCC1.CNN.Cl. The number of rotatable bonds is 0. The fraction of sp³-hybridized carbons (Fsp3) is 0.714. The number of nitrogens with one attached hydrogen (secondary N) is 1. The van der Waals surface area contributed by atoms with Gasteiger partial charge in [-0.2, -0.15) is 0 Å². The van der Waals surface area contributed by atoms with Crippen molar-refractivity contribution in [3.05, 3.63) is 12.2 Å². The summed E-state index contributed by atoms with van der Waals surface area (Å²) in [6.45, 7) is 0. The second-order valence-corrected chi connectivity index (χ2v) is 2.04. The molecule has 0 radical (unpaired) electrons. The van der Waals surface area contributed by atoms with E-state index in [1.54, 1.807) is 7.05 Å². The van der Waals surface area contributed by atoms with Crippen molar-refractivity contribution >= 4 is 12.4 Å². The Balaban J connectivity index is 0. The van der Waals surface area contributed by atoms with Crippen LogP contribution in [0.5, 0.6) is 0 Å². The van der Waals surface area contributed by atoms with Crippen molar-refractivity contribution in [1.82, 2.24) is 5.43 Å². The average molecular weight is 165 g/mol. The Labute approximate surface area is 69.3 Å². The highest BCUT2D eigenvalue weighted by atomic mass is 35.5. The molecule has 62 valence electrons. The molecular weight excluding hydrogens is 148 g/mol. The molecule has 2 nitrogen and oxygen atoms in total. The van der Waals surface area contributed by atoms with Gasteiger partial charge in [-0.25, -0.2) is 0 Å². The Morgan fingerprint density at radius 1 is 1.20 bits per heavy atom. The van der Waals surface area contributed by atoms with Gasteiger partial charge in [0.05, 0.1) is 0 Å². The summed E-state index contributed by atoms with van der Waals surface area (Å²) in [6.07, 6.45) is 10.0. The van der Waals surface area contributed by atoms with Gasteiger partial charge >= 0.3 is 0 Å². The molecule has 0 saturated carbocycles. The number of halogens is 1. The Hall–Kier alpha value is -0.0500. The first-order chi connectivity index (χ1) is 4.41. The summed E-state index contributed by atoms with van der Waals surface area (Å²) >= 11 is 0. The third-order valence-corrected chi connectivity index (χ3v) is 1.16. The highest BCUT2D eigenvalue weighted by molar-refractivity contribution is 5.85. The zero-order valence-electron chi connectivity index (χ0n) is 6.47. The first-order valence-corrected chi connectivity index (χ1v) is 3.44. The number of hydrazine groups is 1. The molecule has 0 heterocycles. The van der Waals surface area contributed by atoms with Gasteiger partial charge < -0.3 is 0 Å². The van der Waals surface area contributed by atoms with Gasteiger partial charge in [0.1, 0.15) is 0 Å². The molecular formula is C7H17ClN2. The molecule has 10 heavy (non-hydrogen) atoms. The van der Waals surface area contributed by atoms with E-state index in [1.165, 1.54) is 25.7 Å². The van der Waals surface area contributed by atoms with Crippen molar-refractivity contribution in [3.63, 3.8) is 0 Å². The summed E-state index contributed by atoms with van der Waals surface area (Å²) in [6, 6.07) is 0. The first kappa shape index (κ1) is 12.6. The Morgan fingerprint density at radius 2 is 1.50 bits per heavy atom. The van der Waals surface area contributed by atoms with Crippen molar-refractivity contribution in [1.29, 1.82) is 0 Å².